The number of aliphatic hydroxyl groups is 2. The average molecular weight is 286 g/mol. The molecule has 10 heteroatoms. The third kappa shape index (κ3) is 1.83. The molecule has 4 N–H and O–H groups in total. The lowest BCUT2D eigenvalue weighted by Crippen LogP contribution is -2.29. The molecule has 1 aliphatic heterocycles. The van der Waals surface area contributed by atoms with Gasteiger partial charge in [-0.1, -0.05) is 5.21 Å². The van der Waals surface area contributed by atoms with Crippen molar-refractivity contribution in [1.82, 2.24) is 25.0 Å². The molecule has 1 fully saturated rings. The predicted octanol–water partition coefficient (Wildman–Crippen LogP) is -0.891. The minimum Gasteiger partial charge on any atom is -0.395 e. The standard InChI is InChI=1S/C9H11FN6O2S/c10-4-3(1-17)19-9(6(4)18)16-8-5(14-15-16)7(11)12-2-13-8/h2-4,6,9,17-18H,1H2,(H2,11,12,13)/t3-,4-,6-,9-/m1/s1. The maximum atomic E-state index is 13.8. The second-order valence-corrected chi connectivity index (χ2v) is 5.51. The van der Waals surface area contributed by atoms with Gasteiger partial charge < -0.3 is 15.9 Å². The van der Waals surface area contributed by atoms with Gasteiger partial charge in [0.1, 0.15) is 24.0 Å². The zero-order chi connectivity index (χ0) is 13.6. The first-order chi connectivity index (χ1) is 9.13. The average Bonchev–Trinajstić information content (AvgIpc) is 2.94. The van der Waals surface area contributed by atoms with Gasteiger partial charge in [0.2, 0.25) is 0 Å². The van der Waals surface area contributed by atoms with Crippen LogP contribution in [0.2, 0.25) is 0 Å². The van der Waals surface area contributed by atoms with E-state index >= 15 is 0 Å². The molecule has 19 heavy (non-hydrogen) atoms. The molecule has 1 saturated heterocycles. The molecule has 1 aliphatic rings. The number of fused-ring (bicyclic) bond motifs is 1. The van der Waals surface area contributed by atoms with Crippen molar-refractivity contribution >= 4 is 28.7 Å². The number of hydrogen-bond acceptors (Lipinski definition) is 8. The largest absolute Gasteiger partial charge is 0.395 e. The Labute approximate surface area is 110 Å². The van der Waals surface area contributed by atoms with Crippen molar-refractivity contribution in [2.45, 2.75) is 22.9 Å². The fraction of sp³-hybridized carbons (Fsp3) is 0.556. The summed E-state index contributed by atoms with van der Waals surface area (Å²) in [6.07, 6.45) is -1.57. The SMILES string of the molecule is Nc1ncnc2c1nnn2[C@@H]1S[C@H](CO)[C@@H](F)[C@H]1O. The topological polar surface area (TPSA) is 123 Å². The summed E-state index contributed by atoms with van der Waals surface area (Å²) in [5.74, 6) is 0.171. The van der Waals surface area contributed by atoms with Gasteiger partial charge in [-0.2, -0.15) is 0 Å². The Morgan fingerprint density at radius 1 is 1.47 bits per heavy atom. The molecule has 0 aliphatic carbocycles. The van der Waals surface area contributed by atoms with Gasteiger partial charge in [0.05, 0.1) is 11.9 Å². The lowest BCUT2D eigenvalue weighted by atomic mass is 10.2. The van der Waals surface area contributed by atoms with E-state index in [-0.39, 0.29) is 12.4 Å². The van der Waals surface area contributed by atoms with Crippen LogP contribution in [0.5, 0.6) is 0 Å². The van der Waals surface area contributed by atoms with Crippen molar-refractivity contribution in [3.8, 4) is 0 Å². The number of nitrogens with zero attached hydrogens (tertiary/aromatic N) is 5. The molecule has 2 aromatic heterocycles. The van der Waals surface area contributed by atoms with Crippen molar-refractivity contribution in [3.63, 3.8) is 0 Å². The summed E-state index contributed by atoms with van der Waals surface area (Å²) in [4.78, 5) is 7.77. The second kappa shape index (κ2) is 4.54. The molecule has 0 unspecified atom stereocenters. The lowest BCUT2D eigenvalue weighted by molar-refractivity contribution is 0.0613. The van der Waals surface area contributed by atoms with E-state index in [4.69, 9.17) is 10.8 Å². The Balaban J connectivity index is 2.04. The Hall–Kier alpha value is -1.52. The summed E-state index contributed by atoms with van der Waals surface area (Å²) in [5.41, 5.74) is 6.27. The van der Waals surface area contributed by atoms with Crippen molar-refractivity contribution in [2.24, 2.45) is 0 Å². The third-order valence-corrected chi connectivity index (χ3v) is 4.51. The maximum absolute atomic E-state index is 13.8. The fourth-order valence-corrected chi connectivity index (χ4v) is 3.33. The van der Waals surface area contributed by atoms with Crippen LogP contribution in [0.15, 0.2) is 6.33 Å². The summed E-state index contributed by atoms with van der Waals surface area (Å²) in [7, 11) is 0. The normalized spacial score (nSPS) is 31.1. The first kappa shape index (κ1) is 12.5. The molecule has 3 heterocycles. The quantitative estimate of drug-likeness (QED) is 0.649. The van der Waals surface area contributed by atoms with Crippen LogP contribution in [-0.4, -0.2) is 59.3 Å². The molecule has 0 spiro atoms. The second-order valence-electron chi connectivity index (χ2n) is 4.15. The Morgan fingerprint density at radius 2 is 2.26 bits per heavy atom. The molecule has 0 saturated carbocycles. The Morgan fingerprint density at radius 3 is 2.95 bits per heavy atom. The van der Waals surface area contributed by atoms with E-state index in [9.17, 15) is 9.50 Å². The number of hydrogen-bond donors (Lipinski definition) is 3. The van der Waals surface area contributed by atoms with E-state index in [0.29, 0.717) is 11.2 Å². The number of anilines is 1. The van der Waals surface area contributed by atoms with Crippen LogP contribution in [0.3, 0.4) is 0 Å². The van der Waals surface area contributed by atoms with Gasteiger partial charge in [0.15, 0.2) is 17.0 Å². The molecule has 0 bridgehead atoms. The molecule has 0 amide bonds. The number of rotatable bonds is 2. The monoisotopic (exact) mass is 286 g/mol. The van der Waals surface area contributed by atoms with Gasteiger partial charge in [-0.15, -0.1) is 16.9 Å². The van der Waals surface area contributed by atoms with Gasteiger partial charge in [-0.3, -0.25) is 0 Å². The number of nitrogen functional groups attached to an aromatic ring is 1. The first-order valence-electron chi connectivity index (χ1n) is 5.53. The number of alkyl halides is 1. The van der Waals surface area contributed by atoms with Crippen LogP contribution in [0, 0.1) is 0 Å². The molecule has 2 aromatic rings. The Kier molecular flexibility index (Phi) is 2.99. The highest BCUT2D eigenvalue weighted by Crippen LogP contribution is 2.43. The Bertz CT molecular complexity index is 609. The van der Waals surface area contributed by atoms with Gasteiger partial charge >= 0.3 is 0 Å². The summed E-state index contributed by atoms with van der Waals surface area (Å²) >= 11 is 1.09. The van der Waals surface area contributed by atoms with Crippen molar-refractivity contribution < 1.29 is 14.6 Å². The van der Waals surface area contributed by atoms with Gasteiger partial charge in [-0.05, 0) is 0 Å². The summed E-state index contributed by atoms with van der Waals surface area (Å²) in [6, 6.07) is 0. The van der Waals surface area contributed by atoms with E-state index in [2.05, 4.69) is 20.3 Å². The lowest BCUT2D eigenvalue weighted by Gasteiger charge is -2.14. The van der Waals surface area contributed by atoms with E-state index in [0.717, 1.165) is 11.8 Å². The van der Waals surface area contributed by atoms with Gasteiger partial charge in [-0.25, -0.2) is 19.0 Å². The van der Waals surface area contributed by atoms with E-state index in [1.54, 1.807) is 0 Å². The number of halogens is 1. The zero-order valence-corrected chi connectivity index (χ0v) is 10.4. The molecular weight excluding hydrogens is 275 g/mol. The number of aliphatic hydroxyl groups excluding tert-OH is 2. The highest BCUT2D eigenvalue weighted by atomic mass is 32.2. The van der Waals surface area contributed by atoms with E-state index in [1.165, 1.54) is 11.0 Å². The van der Waals surface area contributed by atoms with Crippen LogP contribution in [0.25, 0.3) is 11.2 Å². The number of thioether (sulfide) groups is 1. The van der Waals surface area contributed by atoms with Gasteiger partial charge in [0, 0.05) is 0 Å². The molecule has 102 valence electrons. The van der Waals surface area contributed by atoms with Crippen LogP contribution < -0.4 is 5.73 Å². The first-order valence-corrected chi connectivity index (χ1v) is 6.47. The van der Waals surface area contributed by atoms with Crippen LogP contribution >= 0.6 is 11.8 Å². The van der Waals surface area contributed by atoms with E-state index < -0.39 is 22.9 Å². The fourth-order valence-electron chi connectivity index (χ4n) is 2.01. The highest BCUT2D eigenvalue weighted by Gasteiger charge is 2.45. The third-order valence-electron chi connectivity index (χ3n) is 3.00. The molecule has 4 atom stereocenters. The summed E-state index contributed by atoms with van der Waals surface area (Å²) < 4.78 is 15.1. The summed E-state index contributed by atoms with van der Waals surface area (Å²) in [6.45, 7) is -0.358. The van der Waals surface area contributed by atoms with Crippen LogP contribution in [0.1, 0.15) is 5.37 Å². The van der Waals surface area contributed by atoms with E-state index in [1.807, 2.05) is 0 Å². The summed E-state index contributed by atoms with van der Waals surface area (Å²) in [5, 5.41) is 25.2. The maximum Gasteiger partial charge on any atom is 0.185 e. The smallest absolute Gasteiger partial charge is 0.185 e. The minimum atomic E-state index is -1.53. The van der Waals surface area contributed by atoms with Crippen LogP contribution in [0.4, 0.5) is 10.2 Å². The predicted molar refractivity (Wildman–Crippen MR) is 65.9 cm³/mol. The molecular formula is C9H11FN6O2S. The number of aromatic nitrogens is 5. The van der Waals surface area contributed by atoms with Gasteiger partial charge in [0.25, 0.3) is 0 Å². The molecule has 3 rings (SSSR count). The zero-order valence-electron chi connectivity index (χ0n) is 9.59. The van der Waals surface area contributed by atoms with Crippen molar-refractivity contribution in [1.29, 1.82) is 0 Å². The molecule has 0 aromatic carbocycles. The molecule has 0 radical (unpaired) electrons. The molecule has 8 nitrogen and oxygen atoms in total. The highest BCUT2D eigenvalue weighted by molar-refractivity contribution is 8.00. The van der Waals surface area contributed by atoms with Crippen LogP contribution in [-0.2, 0) is 0 Å². The van der Waals surface area contributed by atoms with Crippen molar-refractivity contribution in [2.75, 3.05) is 12.3 Å². The number of nitrogens with two attached hydrogens (primary N) is 1. The minimum absolute atomic E-state index is 0.171. The van der Waals surface area contributed by atoms with Crippen molar-refractivity contribution in [3.05, 3.63) is 6.33 Å².